The summed E-state index contributed by atoms with van der Waals surface area (Å²) in [5.74, 6) is 0. The molecule has 0 spiro atoms. The lowest BCUT2D eigenvalue weighted by Crippen LogP contribution is -1.92. The molecule has 24 heavy (non-hydrogen) atoms. The van der Waals surface area contributed by atoms with Gasteiger partial charge >= 0.3 is 0 Å². The van der Waals surface area contributed by atoms with Crippen LogP contribution in [-0.4, -0.2) is 14.8 Å². The molecule has 0 atom stereocenters. The summed E-state index contributed by atoms with van der Waals surface area (Å²) in [6, 6.07) is 27.6. The first kappa shape index (κ1) is 13.1. The molecule has 0 amide bonds. The molecule has 0 aliphatic carbocycles. The Bertz CT molecular complexity index is 1140. The fraction of sp³-hybridized carbons (Fsp3) is 0. The van der Waals surface area contributed by atoms with Crippen LogP contribution in [0.4, 0.5) is 0 Å². The van der Waals surface area contributed by atoms with Crippen molar-refractivity contribution in [2.24, 2.45) is 0 Å². The molecule has 3 aromatic carbocycles. The summed E-state index contributed by atoms with van der Waals surface area (Å²) in [5.41, 5.74) is 5.80. The third-order valence-electron chi connectivity index (χ3n) is 4.50. The number of hydrogen-bond acceptors (Lipinski definition) is 1. The van der Waals surface area contributed by atoms with Gasteiger partial charge in [0.15, 0.2) is 0 Å². The van der Waals surface area contributed by atoms with E-state index in [9.17, 15) is 0 Å². The lowest BCUT2D eigenvalue weighted by atomic mass is 10.1. The molecular weight excluding hydrogens is 294 g/mol. The third kappa shape index (κ3) is 1.88. The predicted molar refractivity (Wildman–Crippen MR) is 98.4 cm³/mol. The van der Waals surface area contributed by atoms with Crippen molar-refractivity contribution in [2.45, 2.75) is 0 Å². The van der Waals surface area contributed by atoms with Gasteiger partial charge < -0.3 is 4.57 Å². The Balaban J connectivity index is 1.89. The maximum absolute atomic E-state index is 4.06. The molecule has 0 fully saturated rings. The monoisotopic (exact) mass is 309 g/mol. The summed E-state index contributed by atoms with van der Waals surface area (Å²) in [7, 11) is 0. The van der Waals surface area contributed by atoms with Gasteiger partial charge in [-0.2, -0.15) is 5.10 Å². The van der Waals surface area contributed by atoms with E-state index in [1.807, 2.05) is 12.1 Å². The third-order valence-corrected chi connectivity index (χ3v) is 4.50. The molecule has 0 bridgehead atoms. The van der Waals surface area contributed by atoms with E-state index in [1.54, 1.807) is 6.20 Å². The smallest absolute Gasteiger partial charge is 0.0650 e. The highest BCUT2D eigenvalue weighted by Crippen LogP contribution is 2.34. The average molecular weight is 309 g/mol. The van der Waals surface area contributed by atoms with Crippen LogP contribution in [0.3, 0.4) is 0 Å². The van der Waals surface area contributed by atoms with Crippen LogP contribution in [0, 0.1) is 0 Å². The highest BCUT2D eigenvalue weighted by atomic mass is 15.1. The van der Waals surface area contributed by atoms with Crippen LogP contribution in [0.25, 0.3) is 38.8 Å². The van der Waals surface area contributed by atoms with Gasteiger partial charge in [0, 0.05) is 28.2 Å². The minimum absolute atomic E-state index is 1.04. The van der Waals surface area contributed by atoms with Gasteiger partial charge in [0.05, 0.1) is 16.7 Å². The van der Waals surface area contributed by atoms with E-state index >= 15 is 0 Å². The molecule has 0 saturated heterocycles. The van der Waals surface area contributed by atoms with Gasteiger partial charge in [0.25, 0.3) is 0 Å². The zero-order chi connectivity index (χ0) is 15.9. The summed E-state index contributed by atoms with van der Waals surface area (Å²) in [6.07, 6.45) is 1.78. The minimum atomic E-state index is 1.04. The van der Waals surface area contributed by atoms with E-state index in [1.165, 1.54) is 27.5 Å². The molecule has 0 saturated carbocycles. The maximum Gasteiger partial charge on any atom is 0.0650 e. The highest BCUT2D eigenvalue weighted by molar-refractivity contribution is 6.10. The lowest BCUT2D eigenvalue weighted by molar-refractivity contribution is 1.10. The largest absolute Gasteiger partial charge is 0.309 e. The second kappa shape index (κ2) is 5.10. The van der Waals surface area contributed by atoms with Crippen molar-refractivity contribution in [3.8, 4) is 16.9 Å². The van der Waals surface area contributed by atoms with Crippen LogP contribution in [0.15, 0.2) is 85.1 Å². The summed E-state index contributed by atoms with van der Waals surface area (Å²) in [4.78, 5) is 0. The van der Waals surface area contributed by atoms with Crippen LogP contribution < -0.4 is 0 Å². The van der Waals surface area contributed by atoms with E-state index in [4.69, 9.17) is 0 Å². The number of H-pyrrole nitrogens is 1. The average Bonchev–Trinajstić information content (AvgIpc) is 3.28. The van der Waals surface area contributed by atoms with Crippen LogP contribution >= 0.6 is 0 Å². The number of benzene rings is 3. The van der Waals surface area contributed by atoms with E-state index in [-0.39, 0.29) is 0 Å². The molecule has 2 heterocycles. The molecular formula is C21H15N3. The van der Waals surface area contributed by atoms with Gasteiger partial charge in [-0.3, -0.25) is 5.10 Å². The minimum Gasteiger partial charge on any atom is -0.309 e. The predicted octanol–water partition coefficient (Wildman–Crippen LogP) is 5.17. The molecule has 0 aliphatic heterocycles. The Morgan fingerprint density at radius 2 is 1.50 bits per heavy atom. The first-order valence-corrected chi connectivity index (χ1v) is 8.00. The van der Waals surface area contributed by atoms with E-state index in [0.29, 0.717) is 0 Å². The second-order valence-corrected chi connectivity index (χ2v) is 5.89. The molecule has 2 aromatic heterocycles. The second-order valence-electron chi connectivity index (χ2n) is 5.89. The van der Waals surface area contributed by atoms with Gasteiger partial charge in [0.2, 0.25) is 0 Å². The van der Waals surface area contributed by atoms with Crippen molar-refractivity contribution < 1.29 is 0 Å². The zero-order valence-corrected chi connectivity index (χ0v) is 13.0. The topological polar surface area (TPSA) is 33.6 Å². The normalized spacial score (nSPS) is 11.3. The van der Waals surface area contributed by atoms with Crippen LogP contribution in [-0.2, 0) is 0 Å². The van der Waals surface area contributed by atoms with Crippen molar-refractivity contribution in [1.82, 2.24) is 14.8 Å². The molecule has 0 aliphatic rings. The number of fused-ring (bicyclic) bond motifs is 3. The van der Waals surface area contributed by atoms with Gasteiger partial charge in [0.1, 0.15) is 0 Å². The van der Waals surface area contributed by atoms with E-state index in [0.717, 1.165) is 11.3 Å². The number of hydrogen-bond donors (Lipinski definition) is 1. The van der Waals surface area contributed by atoms with Crippen LogP contribution in [0.1, 0.15) is 0 Å². The standard InChI is InChI=1S/C21H15N3/c1-2-6-16(7-3-1)24-20-9-5-4-8-17(20)18-14-15(10-11-21(18)24)19-12-13-22-23-19/h1-14H,(H,22,23). The van der Waals surface area contributed by atoms with Gasteiger partial charge in [-0.25, -0.2) is 0 Å². The molecule has 0 radical (unpaired) electrons. The molecule has 3 nitrogen and oxygen atoms in total. The summed E-state index contributed by atoms with van der Waals surface area (Å²) in [5, 5.41) is 9.62. The fourth-order valence-electron chi connectivity index (χ4n) is 3.41. The highest BCUT2D eigenvalue weighted by Gasteiger charge is 2.12. The number of rotatable bonds is 2. The van der Waals surface area contributed by atoms with Crippen molar-refractivity contribution in [3.05, 3.63) is 85.1 Å². The Morgan fingerprint density at radius 1 is 0.708 bits per heavy atom. The first-order chi connectivity index (χ1) is 11.9. The number of para-hydroxylation sites is 2. The molecule has 5 aromatic rings. The van der Waals surface area contributed by atoms with E-state index in [2.05, 4.69) is 81.5 Å². The molecule has 1 N–H and O–H groups in total. The van der Waals surface area contributed by atoms with Crippen molar-refractivity contribution in [3.63, 3.8) is 0 Å². The fourth-order valence-corrected chi connectivity index (χ4v) is 3.41. The number of aromatic amines is 1. The zero-order valence-electron chi connectivity index (χ0n) is 13.0. The van der Waals surface area contributed by atoms with Crippen molar-refractivity contribution in [2.75, 3.05) is 0 Å². The molecule has 0 unspecified atom stereocenters. The number of nitrogens with zero attached hydrogens (tertiary/aromatic N) is 2. The first-order valence-electron chi connectivity index (χ1n) is 8.00. The molecule has 5 rings (SSSR count). The summed E-state index contributed by atoms with van der Waals surface area (Å²) >= 11 is 0. The Labute approximate surface area is 139 Å². The van der Waals surface area contributed by atoms with Crippen LogP contribution in [0.2, 0.25) is 0 Å². The number of aromatic nitrogens is 3. The van der Waals surface area contributed by atoms with E-state index < -0.39 is 0 Å². The SMILES string of the molecule is c1ccc(-n2c3ccccc3c3cc(-c4ccn[nH]4)ccc32)cc1. The lowest BCUT2D eigenvalue weighted by Gasteiger charge is -2.07. The summed E-state index contributed by atoms with van der Waals surface area (Å²) < 4.78 is 2.32. The maximum atomic E-state index is 4.06. The van der Waals surface area contributed by atoms with Gasteiger partial charge in [-0.1, -0.05) is 42.5 Å². The summed E-state index contributed by atoms with van der Waals surface area (Å²) in [6.45, 7) is 0. The van der Waals surface area contributed by atoms with Crippen molar-refractivity contribution >= 4 is 21.8 Å². The van der Waals surface area contributed by atoms with Gasteiger partial charge in [-0.15, -0.1) is 0 Å². The molecule has 3 heteroatoms. The van der Waals surface area contributed by atoms with Crippen molar-refractivity contribution in [1.29, 1.82) is 0 Å². The Hall–Kier alpha value is -3.33. The number of nitrogens with one attached hydrogen (secondary N) is 1. The van der Waals surface area contributed by atoms with Crippen LogP contribution in [0.5, 0.6) is 0 Å². The molecule has 114 valence electrons. The Kier molecular flexibility index (Phi) is 2.79. The Morgan fingerprint density at radius 3 is 2.33 bits per heavy atom. The van der Waals surface area contributed by atoms with Gasteiger partial charge in [-0.05, 0) is 36.4 Å². The quantitative estimate of drug-likeness (QED) is 0.479.